The Bertz CT molecular complexity index is 629. The number of rotatable bonds is 6. The predicted octanol–water partition coefficient (Wildman–Crippen LogP) is 2.62. The maximum Gasteiger partial charge on any atom is 0.314 e. The van der Waals surface area contributed by atoms with Crippen molar-refractivity contribution in [3.8, 4) is 11.5 Å². The Labute approximate surface area is 121 Å². The molecule has 21 heavy (non-hydrogen) atoms. The van der Waals surface area contributed by atoms with Crippen LogP contribution in [0, 0.1) is 10.1 Å². The van der Waals surface area contributed by atoms with Gasteiger partial charge >= 0.3 is 5.69 Å². The zero-order chi connectivity index (χ0) is 15.2. The van der Waals surface area contributed by atoms with E-state index in [-0.39, 0.29) is 18.0 Å². The summed E-state index contributed by atoms with van der Waals surface area (Å²) in [5, 5.41) is 13.9. The summed E-state index contributed by atoms with van der Waals surface area (Å²) in [6.07, 6.45) is 1.65. The van der Waals surface area contributed by atoms with Crippen molar-refractivity contribution >= 4 is 11.5 Å². The zero-order valence-corrected chi connectivity index (χ0v) is 11.7. The molecule has 1 aromatic heterocycles. The molecule has 0 aliphatic heterocycles. The molecular formula is C14H15N3O4. The van der Waals surface area contributed by atoms with Crippen molar-refractivity contribution in [1.82, 2.24) is 4.98 Å². The summed E-state index contributed by atoms with van der Waals surface area (Å²) in [7, 11) is 3.23. The van der Waals surface area contributed by atoms with E-state index in [9.17, 15) is 10.1 Å². The molecule has 0 amide bonds. The highest BCUT2D eigenvalue weighted by atomic mass is 16.6. The smallest absolute Gasteiger partial charge is 0.314 e. The van der Waals surface area contributed by atoms with Crippen molar-refractivity contribution in [3.63, 3.8) is 0 Å². The first-order valence-corrected chi connectivity index (χ1v) is 6.22. The van der Waals surface area contributed by atoms with E-state index in [4.69, 9.17) is 9.47 Å². The molecule has 0 fully saturated rings. The number of benzene rings is 1. The number of methoxy groups -OCH3 is 1. The van der Waals surface area contributed by atoms with E-state index in [0.717, 1.165) is 11.4 Å². The van der Waals surface area contributed by atoms with Gasteiger partial charge in [0.25, 0.3) is 0 Å². The molecule has 0 spiro atoms. The molecule has 0 saturated carbocycles. The number of nitrogens with one attached hydrogen (secondary N) is 1. The van der Waals surface area contributed by atoms with Crippen LogP contribution in [0.2, 0.25) is 0 Å². The van der Waals surface area contributed by atoms with Gasteiger partial charge in [-0.1, -0.05) is 6.07 Å². The topological polar surface area (TPSA) is 86.5 Å². The molecule has 7 heteroatoms. The summed E-state index contributed by atoms with van der Waals surface area (Å²) in [4.78, 5) is 14.7. The lowest BCUT2D eigenvalue weighted by atomic mass is 10.2. The van der Waals surface area contributed by atoms with Crippen molar-refractivity contribution in [2.45, 2.75) is 6.61 Å². The highest BCUT2D eigenvalue weighted by Crippen LogP contribution is 2.31. The van der Waals surface area contributed by atoms with Crippen LogP contribution in [0.15, 0.2) is 36.5 Å². The standard InChI is InChI=1S/C14H15N3O4/c1-15-14-6-3-10(8-16-14)9-21-13-5-4-11(20-2)7-12(13)17(18)19/h3-8H,9H2,1-2H3,(H,15,16). The summed E-state index contributed by atoms with van der Waals surface area (Å²) in [5.74, 6) is 1.35. The monoisotopic (exact) mass is 289 g/mol. The van der Waals surface area contributed by atoms with E-state index in [2.05, 4.69) is 10.3 Å². The number of nitro benzene ring substituents is 1. The highest BCUT2D eigenvalue weighted by Gasteiger charge is 2.16. The first kappa shape index (κ1) is 14.6. The summed E-state index contributed by atoms with van der Waals surface area (Å²) >= 11 is 0. The second-order valence-electron chi connectivity index (χ2n) is 4.18. The number of hydrogen-bond acceptors (Lipinski definition) is 6. The molecular weight excluding hydrogens is 274 g/mol. The van der Waals surface area contributed by atoms with E-state index in [1.54, 1.807) is 25.4 Å². The van der Waals surface area contributed by atoms with Crippen molar-refractivity contribution in [2.75, 3.05) is 19.5 Å². The quantitative estimate of drug-likeness (QED) is 0.649. The molecule has 0 aliphatic rings. The normalized spacial score (nSPS) is 10.0. The molecule has 0 radical (unpaired) electrons. The summed E-state index contributed by atoms with van der Waals surface area (Å²) in [6.45, 7) is 0.199. The van der Waals surface area contributed by atoms with E-state index in [0.29, 0.717) is 5.75 Å². The Balaban J connectivity index is 2.13. The van der Waals surface area contributed by atoms with Crippen LogP contribution in [0.3, 0.4) is 0 Å². The van der Waals surface area contributed by atoms with Crippen LogP contribution >= 0.6 is 0 Å². The lowest BCUT2D eigenvalue weighted by Gasteiger charge is -2.08. The fourth-order valence-electron chi connectivity index (χ4n) is 1.71. The molecule has 1 aromatic carbocycles. The fourth-order valence-corrected chi connectivity index (χ4v) is 1.71. The molecule has 0 atom stereocenters. The van der Waals surface area contributed by atoms with Gasteiger partial charge in [-0.3, -0.25) is 10.1 Å². The van der Waals surface area contributed by atoms with E-state index < -0.39 is 4.92 Å². The Morgan fingerprint density at radius 1 is 1.33 bits per heavy atom. The number of aromatic nitrogens is 1. The first-order chi connectivity index (χ1) is 10.1. The minimum Gasteiger partial charge on any atom is -0.496 e. The van der Waals surface area contributed by atoms with Gasteiger partial charge in [0.15, 0.2) is 5.75 Å². The van der Waals surface area contributed by atoms with Gasteiger partial charge in [-0.2, -0.15) is 0 Å². The van der Waals surface area contributed by atoms with Crippen LogP contribution in [-0.4, -0.2) is 24.1 Å². The number of nitro groups is 1. The summed E-state index contributed by atoms with van der Waals surface area (Å²) in [5.41, 5.74) is 0.688. The Kier molecular flexibility index (Phi) is 4.55. The van der Waals surface area contributed by atoms with Gasteiger partial charge in [0.1, 0.15) is 18.2 Å². The van der Waals surface area contributed by atoms with Crippen LogP contribution in [0.5, 0.6) is 11.5 Å². The van der Waals surface area contributed by atoms with E-state index >= 15 is 0 Å². The third kappa shape index (κ3) is 3.59. The summed E-state index contributed by atoms with van der Waals surface area (Å²) < 4.78 is 10.5. The SMILES string of the molecule is CNc1ccc(COc2ccc(OC)cc2[N+](=O)[O-])cn1. The third-order valence-electron chi connectivity index (χ3n) is 2.84. The van der Waals surface area contributed by atoms with Crippen molar-refractivity contribution < 1.29 is 14.4 Å². The van der Waals surface area contributed by atoms with Crippen molar-refractivity contribution in [2.24, 2.45) is 0 Å². The van der Waals surface area contributed by atoms with Crippen molar-refractivity contribution in [1.29, 1.82) is 0 Å². The zero-order valence-electron chi connectivity index (χ0n) is 11.7. The van der Waals surface area contributed by atoms with Gasteiger partial charge in [-0.25, -0.2) is 4.98 Å². The first-order valence-electron chi connectivity index (χ1n) is 6.22. The van der Waals surface area contributed by atoms with E-state index in [1.807, 2.05) is 6.07 Å². The molecule has 0 unspecified atom stereocenters. The van der Waals surface area contributed by atoms with Gasteiger partial charge in [0, 0.05) is 18.8 Å². The number of anilines is 1. The average Bonchev–Trinajstić information content (AvgIpc) is 2.53. The molecule has 110 valence electrons. The minimum atomic E-state index is -0.500. The molecule has 2 aromatic rings. The van der Waals surface area contributed by atoms with Gasteiger partial charge in [0.05, 0.1) is 18.1 Å². The minimum absolute atomic E-state index is 0.130. The van der Waals surface area contributed by atoms with Gasteiger partial charge in [0.2, 0.25) is 0 Å². The number of ether oxygens (including phenoxy) is 2. The Morgan fingerprint density at radius 2 is 2.14 bits per heavy atom. The van der Waals surface area contributed by atoms with Crippen LogP contribution < -0.4 is 14.8 Å². The molecule has 0 bridgehead atoms. The second-order valence-corrected chi connectivity index (χ2v) is 4.18. The molecule has 0 aliphatic carbocycles. The Hall–Kier alpha value is -2.83. The molecule has 1 heterocycles. The van der Waals surface area contributed by atoms with Crippen LogP contribution in [-0.2, 0) is 6.61 Å². The second kappa shape index (κ2) is 6.56. The molecule has 7 nitrogen and oxygen atoms in total. The highest BCUT2D eigenvalue weighted by molar-refractivity contribution is 5.51. The lowest BCUT2D eigenvalue weighted by Crippen LogP contribution is -2.01. The average molecular weight is 289 g/mol. The van der Waals surface area contributed by atoms with Crippen molar-refractivity contribution in [3.05, 3.63) is 52.2 Å². The fraction of sp³-hybridized carbons (Fsp3) is 0.214. The maximum absolute atomic E-state index is 11.0. The van der Waals surface area contributed by atoms with Crippen LogP contribution in [0.1, 0.15) is 5.56 Å². The van der Waals surface area contributed by atoms with Crippen LogP contribution in [0.4, 0.5) is 11.5 Å². The van der Waals surface area contributed by atoms with Crippen LogP contribution in [0.25, 0.3) is 0 Å². The largest absolute Gasteiger partial charge is 0.496 e. The molecule has 2 rings (SSSR count). The Morgan fingerprint density at radius 3 is 2.71 bits per heavy atom. The number of nitrogens with zero attached hydrogens (tertiary/aromatic N) is 2. The van der Waals surface area contributed by atoms with Gasteiger partial charge in [-0.05, 0) is 18.2 Å². The van der Waals surface area contributed by atoms with Gasteiger partial charge < -0.3 is 14.8 Å². The predicted molar refractivity (Wildman–Crippen MR) is 77.8 cm³/mol. The molecule has 0 saturated heterocycles. The maximum atomic E-state index is 11.0. The van der Waals surface area contributed by atoms with Gasteiger partial charge in [-0.15, -0.1) is 0 Å². The van der Waals surface area contributed by atoms with E-state index in [1.165, 1.54) is 19.2 Å². The number of pyridine rings is 1. The third-order valence-corrected chi connectivity index (χ3v) is 2.84. The summed E-state index contributed by atoms with van der Waals surface area (Å²) in [6, 6.07) is 8.12. The number of hydrogen-bond donors (Lipinski definition) is 1. The molecule has 1 N–H and O–H groups in total. The lowest BCUT2D eigenvalue weighted by molar-refractivity contribution is -0.386.